The van der Waals surface area contributed by atoms with Crippen molar-refractivity contribution in [1.82, 2.24) is 5.32 Å². The predicted molar refractivity (Wildman–Crippen MR) is 86.7 cm³/mol. The van der Waals surface area contributed by atoms with Gasteiger partial charge in [-0.25, -0.2) is 0 Å². The summed E-state index contributed by atoms with van der Waals surface area (Å²) in [6.45, 7) is 7.65. The SMILES string of the molecule is CC(C)Cc1ccc(CN[C@@H](C)c2ccccc2)cc1. The highest BCUT2D eigenvalue weighted by atomic mass is 14.9. The van der Waals surface area contributed by atoms with E-state index in [1.165, 1.54) is 16.7 Å². The lowest BCUT2D eigenvalue weighted by Gasteiger charge is -2.14. The van der Waals surface area contributed by atoms with E-state index in [-0.39, 0.29) is 0 Å². The van der Waals surface area contributed by atoms with E-state index in [9.17, 15) is 0 Å². The number of hydrogen-bond acceptors (Lipinski definition) is 1. The highest BCUT2D eigenvalue weighted by Gasteiger charge is 2.04. The summed E-state index contributed by atoms with van der Waals surface area (Å²) in [5, 5.41) is 3.58. The smallest absolute Gasteiger partial charge is 0.0294 e. The van der Waals surface area contributed by atoms with Crippen LogP contribution in [-0.4, -0.2) is 0 Å². The van der Waals surface area contributed by atoms with E-state index in [0.29, 0.717) is 6.04 Å². The van der Waals surface area contributed by atoms with Crippen LogP contribution in [0.25, 0.3) is 0 Å². The molecule has 0 aliphatic carbocycles. The zero-order valence-corrected chi connectivity index (χ0v) is 12.8. The molecule has 0 aliphatic rings. The average Bonchev–Trinajstić information content (AvgIpc) is 2.46. The Balaban J connectivity index is 1.88. The average molecular weight is 267 g/mol. The summed E-state index contributed by atoms with van der Waals surface area (Å²) in [4.78, 5) is 0. The summed E-state index contributed by atoms with van der Waals surface area (Å²) in [5.41, 5.74) is 4.11. The van der Waals surface area contributed by atoms with Crippen LogP contribution in [0, 0.1) is 5.92 Å². The Morgan fingerprint density at radius 1 is 0.800 bits per heavy atom. The fraction of sp³-hybridized carbons (Fsp3) is 0.368. The first kappa shape index (κ1) is 14.8. The molecule has 2 aromatic rings. The van der Waals surface area contributed by atoms with E-state index < -0.39 is 0 Å². The summed E-state index contributed by atoms with van der Waals surface area (Å²) in [6, 6.07) is 19.9. The van der Waals surface area contributed by atoms with Gasteiger partial charge in [-0.3, -0.25) is 0 Å². The molecule has 20 heavy (non-hydrogen) atoms. The highest BCUT2D eigenvalue weighted by molar-refractivity contribution is 5.23. The quantitative estimate of drug-likeness (QED) is 0.797. The Labute approximate surface area is 123 Å². The van der Waals surface area contributed by atoms with Gasteiger partial charge in [0.15, 0.2) is 0 Å². The molecule has 1 nitrogen and oxygen atoms in total. The van der Waals surface area contributed by atoms with Crippen molar-refractivity contribution in [3.05, 3.63) is 71.3 Å². The van der Waals surface area contributed by atoms with Gasteiger partial charge in [0.2, 0.25) is 0 Å². The van der Waals surface area contributed by atoms with Crippen LogP contribution < -0.4 is 5.32 Å². The Morgan fingerprint density at radius 3 is 2.00 bits per heavy atom. The number of nitrogens with one attached hydrogen (secondary N) is 1. The molecule has 0 radical (unpaired) electrons. The highest BCUT2D eigenvalue weighted by Crippen LogP contribution is 2.13. The molecular formula is C19H25N. The van der Waals surface area contributed by atoms with Crippen molar-refractivity contribution in [2.24, 2.45) is 5.92 Å². The van der Waals surface area contributed by atoms with E-state index in [0.717, 1.165) is 18.9 Å². The number of rotatable bonds is 6. The third-order valence-electron chi connectivity index (χ3n) is 3.58. The van der Waals surface area contributed by atoms with Crippen LogP contribution >= 0.6 is 0 Å². The van der Waals surface area contributed by atoms with Gasteiger partial charge < -0.3 is 5.32 Å². The van der Waals surface area contributed by atoms with Crippen molar-refractivity contribution in [2.45, 2.75) is 39.8 Å². The molecule has 0 amide bonds. The van der Waals surface area contributed by atoms with Crippen molar-refractivity contribution in [2.75, 3.05) is 0 Å². The molecule has 0 fully saturated rings. The number of benzene rings is 2. The van der Waals surface area contributed by atoms with Crippen molar-refractivity contribution in [3.63, 3.8) is 0 Å². The van der Waals surface area contributed by atoms with Gasteiger partial charge in [0.1, 0.15) is 0 Å². The van der Waals surface area contributed by atoms with Gasteiger partial charge in [-0.05, 0) is 36.0 Å². The Hall–Kier alpha value is -1.60. The van der Waals surface area contributed by atoms with E-state index in [1.807, 2.05) is 0 Å². The molecule has 2 rings (SSSR count). The minimum Gasteiger partial charge on any atom is -0.306 e. The molecule has 2 aromatic carbocycles. The first-order valence-electron chi connectivity index (χ1n) is 7.51. The lowest BCUT2D eigenvalue weighted by molar-refractivity contribution is 0.574. The topological polar surface area (TPSA) is 12.0 Å². The van der Waals surface area contributed by atoms with Crippen molar-refractivity contribution in [3.8, 4) is 0 Å². The van der Waals surface area contributed by atoms with Crippen molar-refractivity contribution >= 4 is 0 Å². The summed E-state index contributed by atoms with van der Waals surface area (Å²) in [6.07, 6.45) is 1.16. The summed E-state index contributed by atoms with van der Waals surface area (Å²) in [7, 11) is 0. The fourth-order valence-electron chi connectivity index (χ4n) is 2.40. The fourth-order valence-corrected chi connectivity index (χ4v) is 2.40. The maximum atomic E-state index is 3.58. The zero-order chi connectivity index (χ0) is 14.4. The predicted octanol–water partition coefficient (Wildman–Crippen LogP) is 4.74. The maximum absolute atomic E-state index is 3.58. The maximum Gasteiger partial charge on any atom is 0.0294 e. The third-order valence-corrected chi connectivity index (χ3v) is 3.58. The van der Waals surface area contributed by atoms with E-state index in [4.69, 9.17) is 0 Å². The van der Waals surface area contributed by atoms with Crippen LogP contribution in [0.15, 0.2) is 54.6 Å². The Kier molecular flexibility index (Phi) is 5.37. The lowest BCUT2D eigenvalue weighted by Crippen LogP contribution is -2.17. The second-order valence-corrected chi connectivity index (χ2v) is 5.93. The minimum absolute atomic E-state index is 0.381. The van der Waals surface area contributed by atoms with Crippen LogP contribution in [0.3, 0.4) is 0 Å². The van der Waals surface area contributed by atoms with Gasteiger partial charge in [0.25, 0.3) is 0 Å². The van der Waals surface area contributed by atoms with Crippen LogP contribution in [0.4, 0.5) is 0 Å². The molecule has 1 atom stereocenters. The summed E-state index contributed by atoms with van der Waals surface area (Å²) in [5.74, 6) is 0.720. The van der Waals surface area contributed by atoms with E-state index in [2.05, 4.69) is 80.7 Å². The molecule has 0 aromatic heterocycles. The molecule has 0 saturated heterocycles. The molecule has 0 spiro atoms. The Morgan fingerprint density at radius 2 is 1.40 bits per heavy atom. The van der Waals surface area contributed by atoms with Crippen LogP contribution in [0.5, 0.6) is 0 Å². The van der Waals surface area contributed by atoms with Gasteiger partial charge in [0, 0.05) is 12.6 Å². The van der Waals surface area contributed by atoms with Crippen LogP contribution in [0.1, 0.15) is 43.5 Å². The molecule has 106 valence electrons. The summed E-state index contributed by atoms with van der Waals surface area (Å²) < 4.78 is 0. The standard InChI is InChI=1S/C19H25N/c1-15(2)13-17-9-11-18(12-10-17)14-20-16(3)19-7-5-4-6-8-19/h4-12,15-16,20H,13-14H2,1-3H3/t16-/m0/s1. The molecular weight excluding hydrogens is 242 g/mol. The number of hydrogen-bond donors (Lipinski definition) is 1. The molecule has 0 aliphatic heterocycles. The van der Waals surface area contributed by atoms with Crippen molar-refractivity contribution in [1.29, 1.82) is 0 Å². The van der Waals surface area contributed by atoms with Gasteiger partial charge in [0.05, 0.1) is 0 Å². The molecule has 0 bridgehead atoms. The zero-order valence-electron chi connectivity index (χ0n) is 12.8. The van der Waals surface area contributed by atoms with E-state index >= 15 is 0 Å². The molecule has 0 unspecified atom stereocenters. The summed E-state index contributed by atoms with van der Waals surface area (Å²) >= 11 is 0. The second kappa shape index (κ2) is 7.25. The van der Waals surface area contributed by atoms with Crippen molar-refractivity contribution < 1.29 is 0 Å². The first-order chi connectivity index (χ1) is 9.65. The molecule has 0 heterocycles. The van der Waals surface area contributed by atoms with Gasteiger partial charge in [-0.15, -0.1) is 0 Å². The normalized spacial score (nSPS) is 12.6. The Bertz CT molecular complexity index is 499. The molecule has 0 saturated carbocycles. The van der Waals surface area contributed by atoms with Crippen LogP contribution in [0.2, 0.25) is 0 Å². The molecule has 1 heteroatoms. The van der Waals surface area contributed by atoms with Gasteiger partial charge in [-0.2, -0.15) is 0 Å². The third kappa shape index (κ3) is 4.50. The monoisotopic (exact) mass is 267 g/mol. The minimum atomic E-state index is 0.381. The van der Waals surface area contributed by atoms with Crippen LogP contribution in [-0.2, 0) is 13.0 Å². The first-order valence-corrected chi connectivity index (χ1v) is 7.51. The second-order valence-electron chi connectivity index (χ2n) is 5.93. The van der Waals surface area contributed by atoms with Gasteiger partial charge >= 0.3 is 0 Å². The lowest BCUT2D eigenvalue weighted by atomic mass is 10.0. The van der Waals surface area contributed by atoms with E-state index in [1.54, 1.807) is 0 Å². The molecule has 1 N–H and O–H groups in total. The van der Waals surface area contributed by atoms with Gasteiger partial charge in [-0.1, -0.05) is 68.4 Å². The largest absolute Gasteiger partial charge is 0.306 e.